The number of amides is 1. The molecule has 1 aromatic carbocycles. The maximum Gasteiger partial charge on any atom is 0.244 e. The van der Waals surface area contributed by atoms with Gasteiger partial charge in [0.1, 0.15) is 0 Å². The quantitative estimate of drug-likeness (QED) is 0.617. The van der Waals surface area contributed by atoms with Gasteiger partial charge in [-0.1, -0.05) is 35.3 Å². The zero-order valence-corrected chi connectivity index (χ0v) is 12.6. The first-order valence-electron chi connectivity index (χ1n) is 6.64. The molecular weight excluding hydrogens is 297 g/mol. The van der Waals surface area contributed by atoms with Crippen molar-refractivity contribution in [3.05, 3.63) is 39.9 Å². The Bertz CT molecular complexity index is 499. The van der Waals surface area contributed by atoms with Crippen molar-refractivity contribution in [1.82, 2.24) is 5.32 Å². The molecule has 0 bridgehead atoms. The van der Waals surface area contributed by atoms with Gasteiger partial charge in [0, 0.05) is 19.2 Å². The SMILES string of the molecule is O=C(/C=C/c1cccc(Cl)c1Cl)NCCOCC1CC1. The second-order valence-electron chi connectivity index (χ2n) is 4.79. The minimum Gasteiger partial charge on any atom is -0.379 e. The first-order chi connectivity index (χ1) is 9.66. The molecule has 0 atom stereocenters. The molecule has 3 nitrogen and oxygen atoms in total. The zero-order valence-electron chi connectivity index (χ0n) is 11.1. The smallest absolute Gasteiger partial charge is 0.244 e. The highest BCUT2D eigenvalue weighted by molar-refractivity contribution is 6.42. The number of nitrogens with one attached hydrogen (secondary N) is 1. The van der Waals surface area contributed by atoms with Crippen molar-refractivity contribution in [3.63, 3.8) is 0 Å². The molecule has 5 heteroatoms. The molecule has 1 fully saturated rings. The fraction of sp³-hybridized carbons (Fsp3) is 0.400. The molecule has 0 radical (unpaired) electrons. The summed E-state index contributed by atoms with van der Waals surface area (Å²) in [6.07, 6.45) is 5.64. The number of carbonyl (C=O) groups is 1. The third-order valence-electron chi connectivity index (χ3n) is 2.99. The van der Waals surface area contributed by atoms with Crippen LogP contribution < -0.4 is 5.32 Å². The van der Waals surface area contributed by atoms with Gasteiger partial charge < -0.3 is 10.1 Å². The minimum absolute atomic E-state index is 0.170. The monoisotopic (exact) mass is 313 g/mol. The molecule has 0 heterocycles. The predicted molar refractivity (Wildman–Crippen MR) is 82.0 cm³/mol. The summed E-state index contributed by atoms with van der Waals surface area (Å²) in [6, 6.07) is 5.30. The minimum atomic E-state index is -0.170. The molecule has 20 heavy (non-hydrogen) atoms. The van der Waals surface area contributed by atoms with Crippen LogP contribution in [0.15, 0.2) is 24.3 Å². The number of ether oxygens (including phenoxy) is 1. The molecule has 0 aliphatic heterocycles. The molecule has 0 unspecified atom stereocenters. The van der Waals surface area contributed by atoms with Crippen molar-refractivity contribution >= 4 is 35.2 Å². The third-order valence-corrected chi connectivity index (χ3v) is 3.83. The Kier molecular flexibility index (Phi) is 5.89. The Balaban J connectivity index is 1.69. The average Bonchev–Trinajstić information content (AvgIpc) is 3.24. The Morgan fingerprint density at radius 3 is 2.95 bits per heavy atom. The normalized spacial score (nSPS) is 14.7. The van der Waals surface area contributed by atoms with Crippen molar-refractivity contribution in [3.8, 4) is 0 Å². The second kappa shape index (κ2) is 7.67. The van der Waals surface area contributed by atoms with Crippen molar-refractivity contribution in [2.24, 2.45) is 5.92 Å². The average molecular weight is 314 g/mol. The Labute approximate surface area is 128 Å². The van der Waals surface area contributed by atoms with Gasteiger partial charge in [-0.25, -0.2) is 0 Å². The van der Waals surface area contributed by atoms with Crippen LogP contribution in [0.1, 0.15) is 18.4 Å². The van der Waals surface area contributed by atoms with E-state index in [0.717, 1.165) is 18.1 Å². The van der Waals surface area contributed by atoms with Crippen molar-refractivity contribution < 1.29 is 9.53 Å². The fourth-order valence-electron chi connectivity index (χ4n) is 1.65. The lowest BCUT2D eigenvalue weighted by molar-refractivity contribution is -0.116. The highest BCUT2D eigenvalue weighted by atomic mass is 35.5. The highest BCUT2D eigenvalue weighted by Gasteiger charge is 2.20. The lowest BCUT2D eigenvalue weighted by Crippen LogP contribution is -2.25. The van der Waals surface area contributed by atoms with Crippen LogP contribution in [0, 0.1) is 5.92 Å². The van der Waals surface area contributed by atoms with Gasteiger partial charge in [0.15, 0.2) is 0 Å². The third kappa shape index (κ3) is 5.16. The van der Waals surface area contributed by atoms with Crippen LogP contribution in [0.5, 0.6) is 0 Å². The van der Waals surface area contributed by atoms with Crippen molar-refractivity contribution in [2.45, 2.75) is 12.8 Å². The zero-order chi connectivity index (χ0) is 14.4. The van der Waals surface area contributed by atoms with Crippen LogP contribution in [0.25, 0.3) is 6.08 Å². The first kappa shape index (κ1) is 15.4. The van der Waals surface area contributed by atoms with Crippen molar-refractivity contribution in [1.29, 1.82) is 0 Å². The number of benzene rings is 1. The number of carbonyl (C=O) groups excluding carboxylic acids is 1. The number of hydrogen-bond donors (Lipinski definition) is 1. The van der Waals surface area contributed by atoms with Gasteiger partial charge in [0.25, 0.3) is 0 Å². The maximum atomic E-state index is 11.6. The highest BCUT2D eigenvalue weighted by Crippen LogP contribution is 2.28. The summed E-state index contributed by atoms with van der Waals surface area (Å²) in [5.41, 5.74) is 0.722. The second-order valence-corrected chi connectivity index (χ2v) is 5.57. The number of rotatable bonds is 7. The molecular formula is C15H17Cl2NO2. The van der Waals surface area contributed by atoms with E-state index in [0.29, 0.717) is 23.2 Å². The molecule has 0 aromatic heterocycles. The Morgan fingerprint density at radius 2 is 2.20 bits per heavy atom. The van der Waals surface area contributed by atoms with Gasteiger partial charge in [-0.05, 0) is 36.5 Å². The lowest BCUT2D eigenvalue weighted by atomic mass is 10.2. The standard InChI is InChI=1S/C15H17Cl2NO2/c16-13-3-1-2-12(15(13)17)6-7-14(19)18-8-9-20-10-11-4-5-11/h1-3,6-7,11H,4-5,8-10H2,(H,18,19)/b7-6+. The van der Waals surface area contributed by atoms with E-state index in [4.69, 9.17) is 27.9 Å². The van der Waals surface area contributed by atoms with Gasteiger partial charge in [-0.15, -0.1) is 0 Å². The lowest BCUT2D eigenvalue weighted by Gasteiger charge is -2.04. The van der Waals surface area contributed by atoms with Gasteiger partial charge in [0.2, 0.25) is 5.91 Å². The number of hydrogen-bond acceptors (Lipinski definition) is 2. The Hall–Kier alpha value is -1.03. The van der Waals surface area contributed by atoms with E-state index in [-0.39, 0.29) is 5.91 Å². The fourth-order valence-corrected chi connectivity index (χ4v) is 2.03. The van der Waals surface area contributed by atoms with Crippen LogP contribution >= 0.6 is 23.2 Å². The summed E-state index contributed by atoms with van der Waals surface area (Å²) < 4.78 is 5.43. The van der Waals surface area contributed by atoms with E-state index in [1.165, 1.54) is 18.9 Å². The molecule has 1 saturated carbocycles. The molecule has 2 rings (SSSR count). The van der Waals surface area contributed by atoms with Crippen LogP contribution in [0.2, 0.25) is 10.0 Å². The van der Waals surface area contributed by atoms with Crippen molar-refractivity contribution in [2.75, 3.05) is 19.8 Å². The number of halogens is 2. The predicted octanol–water partition coefficient (Wildman–Crippen LogP) is 3.55. The van der Waals surface area contributed by atoms with Crippen LogP contribution in [-0.4, -0.2) is 25.7 Å². The summed E-state index contributed by atoms with van der Waals surface area (Å²) in [6.45, 7) is 1.87. The van der Waals surface area contributed by atoms with Gasteiger partial charge in [-0.2, -0.15) is 0 Å². The summed E-state index contributed by atoms with van der Waals surface area (Å²) in [7, 11) is 0. The first-order valence-corrected chi connectivity index (χ1v) is 7.40. The summed E-state index contributed by atoms with van der Waals surface area (Å²) in [4.78, 5) is 11.6. The largest absolute Gasteiger partial charge is 0.379 e. The molecule has 1 aromatic rings. The topological polar surface area (TPSA) is 38.3 Å². The van der Waals surface area contributed by atoms with Gasteiger partial charge >= 0.3 is 0 Å². The maximum absolute atomic E-state index is 11.6. The van der Waals surface area contributed by atoms with E-state index < -0.39 is 0 Å². The van der Waals surface area contributed by atoms with Crippen LogP contribution in [-0.2, 0) is 9.53 Å². The molecule has 1 amide bonds. The molecule has 1 aliphatic rings. The molecule has 1 N–H and O–H groups in total. The molecule has 108 valence electrons. The van der Waals surface area contributed by atoms with E-state index in [1.54, 1.807) is 24.3 Å². The van der Waals surface area contributed by atoms with Crippen LogP contribution in [0.3, 0.4) is 0 Å². The summed E-state index contributed by atoms with van der Waals surface area (Å²) in [5, 5.41) is 3.68. The van der Waals surface area contributed by atoms with E-state index >= 15 is 0 Å². The Morgan fingerprint density at radius 1 is 1.40 bits per heavy atom. The van der Waals surface area contributed by atoms with Gasteiger partial charge in [0.05, 0.1) is 16.7 Å². The molecule has 0 saturated heterocycles. The van der Waals surface area contributed by atoms with Gasteiger partial charge in [-0.3, -0.25) is 4.79 Å². The van der Waals surface area contributed by atoms with E-state index in [9.17, 15) is 4.79 Å². The van der Waals surface area contributed by atoms with Crippen LogP contribution in [0.4, 0.5) is 0 Å². The van der Waals surface area contributed by atoms with E-state index in [1.807, 2.05) is 0 Å². The summed E-state index contributed by atoms with van der Waals surface area (Å²) in [5.74, 6) is 0.576. The van der Waals surface area contributed by atoms with E-state index in [2.05, 4.69) is 5.32 Å². The molecule has 1 aliphatic carbocycles. The summed E-state index contributed by atoms with van der Waals surface area (Å²) >= 11 is 11.9. The molecule has 0 spiro atoms.